The Kier molecular flexibility index (Phi) is 9.10. The number of hydrogen-bond donors (Lipinski definition) is 1. The highest BCUT2D eigenvalue weighted by molar-refractivity contribution is 5.51. The van der Waals surface area contributed by atoms with E-state index in [9.17, 15) is 15.2 Å². The van der Waals surface area contributed by atoms with Crippen molar-refractivity contribution in [1.29, 1.82) is 0 Å². The van der Waals surface area contributed by atoms with Gasteiger partial charge in [-0.1, -0.05) is 68.4 Å². The zero-order valence-electron chi connectivity index (χ0n) is 22.2. The molecule has 6 nitrogen and oxygen atoms in total. The molecule has 0 radical (unpaired) electrons. The highest BCUT2D eigenvalue weighted by atomic mass is 16.6. The van der Waals surface area contributed by atoms with Crippen molar-refractivity contribution in [3.8, 4) is 0 Å². The van der Waals surface area contributed by atoms with Gasteiger partial charge in [-0.2, -0.15) is 0 Å². The lowest BCUT2D eigenvalue weighted by Gasteiger charge is -2.35. The van der Waals surface area contributed by atoms with E-state index >= 15 is 0 Å². The Bertz CT molecular complexity index is 1050. The van der Waals surface area contributed by atoms with Gasteiger partial charge in [-0.3, -0.25) is 10.1 Å². The van der Waals surface area contributed by atoms with Crippen LogP contribution in [0.2, 0.25) is 0 Å². The zero-order valence-corrected chi connectivity index (χ0v) is 22.2. The normalized spacial score (nSPS) is 13.9. The second kappa shape index (κ2) is 12.0. The third-order valence-electron chi connectivity index (χ3n) is 7.20. The van der Waals surface area contributed by atoms with Gasteiger partial charge in [-0.25, -0.2) is 0 Å². The Morgan fingerprint density at radius 1 is 0.750 bits per heavy atom. The second-order valence-electron chi connectivity index (χ2n) is 10.3. The molecule has 3 atom stereocenters. The van der Waals surface area contributed by atoms with Crippen molar-refractivity contribution in [2.24, 2.45) is 11.8 Å². The Balaban J connectivity index is 2.25. The zero-order chi connectivity index (χ0) is 26.4. The average molecular weight is 490 g/mol. The van der Waals surface area contributed by atoms with E-state index in [1.165, 1.54) is 0 Å². The van der Waals surface area contributed by atoms with Gasteiger partial charge in [0.25, 0.3) is 0 Å². The average Bonchev–Trinajstić information content (AvgIpc) is 2.86. The topological polar surface area (TPSA) is 69.8 Å². The van der Waals surface area contributed by atoms with E-state index in [1.807, 2.05) is 131 Å². The van der Waals surface area contributed by atoms with Gasteiger partial charge < -0.3 is 14.9 Å². The standard InChI is InChI=1S/C30H39N3O3/c1-21(2)27(20-34)29(22-10-8-7-9-11-22)30(33(35)36)28(23-12-16-25(17-13-23)31(3)4)24-14-18-26(19-15-24)32(5)6/h7-19,21,27-30,34H,20H2,1-6H3/t27-,29-,30+/m0/s1. The monoisotopic (exact) mass is 489 g/mol. The Morgan fingerprint density at radius 2 is 1.19 bits per heavy atom. The van der Waals surface area contributed by atoms with Crippen molar-refractivity contribution in [3.63, 3.8) is 0 Å². The van der Waals surface area contributed by atoms with E-state index in [-0.39, 0.29) is 23.4 Å². The summed E-state index contributed by atoms with van der Waals surface area (Å²) in [6, 6.07) is 24.7. The quantitative estimate of drug-likeness (QED) is 0.279. The summed E-state index contributed by atoms with van der Waals surface area (Å²) in [5, 5.41) is 23.4. The molecule has 3 aromatic carbocycles. The summed E-state index contributed by atoms with van der Waals surface area (Å²) in [5.74, 6) is -1.17. The molecular formula is C30H39N3O3. The number of anilines is 2. The van der Waals surface area contributed by atoms with E-state index in [0.29, 0.717) is 0 Å². The molecule has 6 heteroatoms. The van der Waals surface area contributed by atoms with E-state index in [1.54, 1.807) is 0 Å². The number of nitro groups is 1. The fourth-order valence-corrected chi connectivity index (χ4v) is 5.12. The van der Waals surface area contributed by atoms with Crippen molar-refractivity contribution in [3.05, 3.63) is 106 Å². The van der Waals surface area contributed by atoms with E-state index in [0.717, 1.165) is 28.1 Å². The maximum absolute atomic E-state index is 13.0. The third-order valence-corrected chi connectivity index (χ3v) is 7.20. The molecule has 0 aromatic heterocycles. The predicted octanol–water partition coefficient (Wildman–Crippen LogP) is 5.64. The summed E-state index contributed by atoms with van der Waals surface area (Å²) in [5.41, 5.74) is 4.73. The van der Waals surface area contributed by atoms with Crippen LogP contribution in [0.3, 0.4) is 0 Å². The lowest BCUT2D eigenvalue weighted by Crippen LogP contribution is -2.40. The molecule has 3 rings (SSSR count). The minimum atomic E-state index is -0.970. The van der Waals surface area contributed by atoms with Gasteiger partial charge in [0.2, 0.25) is 6.04 Å². The first kappa shape index (κ1) is 27.2. The molecule has 0 saturated carbocycles. The van der Waals surface area contributed by atoms with Crippen LogP contribution in [-0.2, 0) is 0 Å². The third kappa shape index (κ3) is 6.05. The summed E-state index contributed by atoms with van der Waals surface area (Å²) in [6.07, 6.45) is 0. The number of benzene rings is 3. The first-order valence-corrected chi connectivity index (χ1v) is 12.5. The maximum Gasteiger partial charge on any atom is 0.231 e. The van der Waals surface area contributed by atoms with Crippen LogP contribution >= 0.6 is 0 Å². The molecule has 0 fully saturated rings. The van der Waals surface area contributed by atoms with Crippen LogP contribution < -0.4 is 9.80 Å². The van der Waals surface area contributed by atoms with Crippen LogP contribution in [-0.4, -0.2) is 50.9 Å². The Morgan fingerprint density at radius 3 is 1.53 bits per heavy atom. The van der Waals surface area contributed by atoms with E-state index in [2.05, 4.69) is 0 Å². The van der Waals surface area contributed by atoms with E-state index in [4.69, 9.17) is 0 Å². The summed E-state index contributed by atoms with van der Waals surface area (Å²) in [7, 11) is 7.91. The number of hydrogen-bond acceptors (Lipinski definition) is 5. The van der Waals surface area contributed by atoms with Crippen LogP contribution in [0.4, 0.5) is 11.4 Å². The molecule has 0 saturated heterocycles. The number of rotatable bonds is 11. The number of nitrogens with zero attached hydrogens (tertiary/aromatic N) is 3. The van der Waals surface area contributed by atoms with Gasteiger partial charge >= 0.3 is 0 Å². The summed E-state index contributed by atoms with van der Waals surface area (Å²) < 4.78 is 0. The lowest BCUT2D eigenvalue weighted by molar-refractivity contribution is -0.531. The van der Waals surface area contributed by atoms with Crippen molar-refractivity contribution < 1.29 is 10.0 Å². The lowest BCUT2D eigenvalue weighted by atomic mass is 9.69. The van der Waals surface area contributed by atoms with Gasteiger partial charge in [0.15, 0.2) is 0 Å². The molecule has 0 heterocycles. The highest BCUT2D eigenvalue weighted by Gasteiger charge is 2.46. The maximum atomic E-state index is 13.0. The van der Waals surface area contributed by atoms with Crippen LogP contribution in [0.1, 0.15) is 42.4 Å². The molecule has 0 aliphatic heterocycles. The minimum absolute atomic E-state index is 0.0653. The van der Waals surface area contributed by atoms with Crippen molar-refractivity contribution in [2.75, 3.05) is 44.6 Å². The Hall–Kier alpha value is -3.38. The Labute approximate surface area is 215 Å². The fourth-order valence-electron chi connectivity index (χ4n) is 5.12. The predicted molar refractivity (Wildman–Crippen MR) is 149 cm³/mol. The minimum Gasteiger partial charge on any atom is -0.396 e. The van der Waals surface area contributed by atoms with Crippen LogP contribution in [0.5, 0.6) is 0 Å². The number of aliphatic hydroxyl groups is 1. The smallest absolute Gasteiger partial charge is 0.231 e. The van der Waals surface area contributed by atoms with E-state index < -0.39 is 17.9 Å². The molecule has 0 aliphatic rings. The molecule has 192 valence electrons. The largest absolute Gasteiger partial charge is 0.396 e. The molecule has 0 bridgehead atoms. The van der Waals surface area contributed by atoms with Gasteiger partial charge in [0.05, 0.1) is 11.8 Å². The molecule has 0 unspecified atom stereocenters. The first-order chi connectivity index (χ1) is 17.1. The van der Waals surface area contributed by atoms with Gasteiger partial charge in [-0.15, -0.1) is 0 Å². The van der Waals surface area contributed by atoms with Crippen molar-refractivity contribution in [2.45, 2.75) is 31.7 Å². The van der Waals surface area contributed by atoms with Gasteiger partial charge in [0.1, 0.15) is 0 Å². The number of aliphatic hydroxyl groups excluding tert-OH is 1. The summed E-state index contributed by atoms with van der Waals surface area (Å²) >= 11 is 0. The van der Waals surface area contributed by atoms with Crippen LogP contribution in [0.25, 0.3) is 0 Å². The molecule has 0 amide bonds. The molecule has 0 spiro atoms. The highest BCUT2D eigenvalue weighted by Crippen LogP contribution is 2.43. The molecular weight excluding hydrogens is 450 g/mol. The molecule has 1 N–H and O–H groups in total. The first-order valence-electron chi connectivity index (χ1n) is 12.5. The molecule has 0 aliphatic carbocycles. The summed E-state index contributed by atoms with van der Waals surface area (Å²) in [4.78, 5) is 16.9. The fraction of sp³-hybridized carbons (Fsp3) is 0.400. The summed E-state index contributed by atoms with van der Waals surface area (Å²) in [6.45, 7) is 3.94. The molecule has 3 aromatic rings. The second-order valence-corrected chi connectivity index (χ2v) is 10.3. The van der Waals surface area contributed by atoms with Crippen molar-refractivity contribution >= 4 is 11.4 Å². The SMILES string of the molecule is CC(C)[C@H](CO)[C@H](c1ccccc1)[C@@H](C(c1ccc(N(C)C)cc1)c1ccc(N(C)C)cc1)[N+](=O)[O-]. The van der Waals surface area contributed by atoms with Crippen LogP contribution in [0, 0.1) is 22.0 Å². The van der Waals surface area contributed by atoms with Gasteiger partial charge in [-0.05, 0) is 52.8 Å². The van der Waals surface area contributed by atoms with Gasteiger partial charge in [0, 0.05) is 51.1 Å². The van der Waals surface area contributed by atoms with Crippen LogP contribution in [0.15, 0.2) is 78.9 Å². The van der Waals surface area contributed by atoms with Crippen molar-refractivity contribution in [1.82, 2.24) is 0 Å². The molecule has 36 heavy (non-hydrogen) atoms.